The van der Waals surface area contributed by atoms with E-state index >= 15 is 0 Å². The molecule has 0 amide bonds. The third-order valence-corrected chi connectivity index (χ3v) is 3.65. The molecule has 0 aliphatic heterocycles. The molecule has 0 N–H and O–H groups in total. The molecule has 10 heteroatoms. The molecule has 1 rings (SSSR count). The summed E-state index contributed by atoms with van der Waals surface area (Å²) in [6.07, 6.45) is 10.9. The summed E-state index contributed by atoms with van der Waals surface area (Å²) in [6.45, 7) is 24.3. The second-order valence-corrected chi connectivity index (χ2v) is 5.44. The van der Waals surface area contributed by atoms with Crippen LogP contribution in [0.1, 0.15) is 44.2 Å². The van der Waals surface area contributed by atoms with Gasteiger partial charge in [-0.1, -0.05) is 31.1 Å². The number of benzene rings is 1. The van der Waals surface area contributed by atoms with Crippen LogP contribution >= 0.6 is 0 Å². The molecule has 0 bridgehead atoms. The summed E-state index contributed by atoms with van der Waals surface area (Å²) in [6, 6.07) is 5.19. The van der Waals surface area contributed by atoms with Gasteiger partial charge in [0.2, 0.25) is 0 Å². The van der Waals surface area contributed by atoms with Crippen LogP contribution in [0, 0.1) is 33.0 Å². The Kier molecular flexibility index (Phi) is 47.7. The van der Waals surface area contributed by atoms with Crippen molar-refractivity contribution in [2.75, 3.05) is 13.1 Å². The van der Waals surface area contributed by atoms with Crippen molar-refractivity contribution in [3.63, 3.8) is 0 Å². The number of allylic oxidation sites excluding steroid dienone is 4. The van der Waals surface area contributed by atoms with Crippen LogP contribution in [0.25, 0.3) is 0 Å². The molecule has 34 heavy (non-hydrogen) atoms. The average Bonchev–Trinajstić information content (AvgIpc) is 2.85. The van der Waals surface area contributed by atoms with Crippen LogP contribution in [0.3, 0.4) is 0 Å². The van der Waals surface area contributed by atoms with Crippen LogP contribution in [0.5, 0.6) is 0 Å². The molecule has 0 spiro atoms. The molecule has 0 saturated carbocycles. The fraction of sp³-hybridized carbons (Fsp3) is 0.333. The van der Waals surface area contributed by atoms with Crippen LogP contribution in [0.4, 0.5) is 13.2 Å². The van der Waals surface area contributed by atoms with Gasteiger partial charge >= 0.3 is 51.4 Å². The minimum absolute atomic E-state index is 0. The maximum absolute atomic E-state index is 12.4. The monoisotopic (exact) mass is 561 g/mol. The van der Waals surface area contributed by atoms with Gasteiger partial charge in [-0.25, -0.2) is 4.58 Å². The Morgan fingerprint density at radius 2 is 1.26 bits per heavy atom. The zero-order valence-electron chi connectivity index (χ0n) is 18.7. The summed E-state index contributed by atoms with van der Waals surface area (Å²) in [5.41, 5.74) is 0.157. The Morgan fingerprint density at radius 1 is 0.824 bits per heavy atom. The summed E-state index contributed by atoms with van der Waals surface area (Å²) in [5, 5.41) is 0. The number of halogens is 3. The molecule has 0 radical (unpaired) electrons. The third-order valence-electron chi connectivity index (χ3n) is 3.65. The summed E-state index contributed by atoms with van der Waals surface area (Å²) >= 11 is 0. The molecule has 0 aliphatic rings. The van der Waals surface area contributed by atoms with Gasteiger partial charge in [-0.05, 0) is 26.3 Å². The number of rotatable bonds is 9. The van der Waals surface area contributed by atoms with Crippen molar-refractivity contribution < 1.29 is 70.5 Å². The number of nitrogens with zero attached hydrogens (tertiary/aromatic N) is 1. The van der Waals surface area contributed by atoms with Crippen LogP contribution in [-0.2, 0) is 58.9 Å². The Balaban J connectivity index is -0.000000177. The molecule has 0 unspecified atom stereocenters. The van der Waals surface area contributed by atoms with Crippen molar-refractivity contribution in [1.29, 1.82) is 0 Å². The van der Waals surface area contributed by atoms with Crippen LogP contribution in [0.2, 0.25) is 0 Å². The Morgan fingerprint density at radius 3 is 1.68 bits per heavy atom. The van der Waals surface area contributed by atoms with Gasteiger partial charge in [0.25, 0.3) is 0 Å². The van der Waals surface area contributed by atoms with Crippen molar-refractivity contribution in [3.8, 4) is 0 Å². The Labute approximate surface area is 221 Å². The molecule has 0 saturated heterocycles. The molecule has 0 heterocycles. The van der Waals surface area contributed by atoms with Gasteiger partial charge in [0, 0.05) is 39.7 Å². The molecule has 0 atom stereocenters. The Bertz CT molecular complexity index is 707. The van der Waals surface area contributed by atoms with Gasteiger partial charge in [0.05, 0.1) is 0 Å². The van der Waals surface area contributed by atoms with Crippen molar-refractivity contribution in [2.24, 2.45) is 0 Å². The van der Waals surface area contributed by atoms with Crippen LogP contribution in [0.15, 0.2) is 48.6 Å². The van der Waals surface area contributed by atoms with E-state index in [9.17, 15) is 13.2 Å². The first-order chi connectivity index (χ1) is 15.5. The van der Waals surface area contributed by atoms with Gasteiger partial charge in [-0.15, -0.1) is 30.2 Å². The van der Waals surface area contributed by atoms with E-state index in [2.05, 4.69) is 63.4 Å². The minimum Gasteiger partial charge on any atom is 0 e. The topological polar surface area (TPSA) is 82.6 Å². The molecule has 0 aliphatic carbocycles. The number of unbranched alkanes of at least 4 members (excludes halogenated alkanes) is 2. The molecule has 1 aromatic carbocycles. The average molecular weight is 561 g/mol. The van der Waals surface area contributed by atoms with Crippen molar-refractivity contribution in [2.45, 2.75) is 39.3 Å². The second kappa shape index (κ2) is 35.6. The minimum atomic E-state index is -4.27. The zero-order chi connectivity index (χ0) is 25.8. The first-order valence-corrected chi connectivity index (χ1v) is 9.20. The Hall–Kier alpha value is -1.97. The number of hydrogen-bond acceptors (Lipinski definition) is 0. The third kappa shape index (κ3) is 28.1. The van der Waals surface area contributed by atoms with Crippen LogP contribution < -0.4 is 0 Å². The summed E-state index contributed by atoms with van der Waals surface area (Å²) in [7, 11) is 0. The maximum atomic E-state index is 12.4. The van der Waals surface area contributed by atoms with E-state index in [-0.39, 0.29) is 34.1 Å². The fourth-order valence-electron chi connectivity index (χ4n) is 2.13. The van der Waals surface area contributed by atoms with Crippen molar-refractivity contribution in [1.82, 2.24) is 0 Å². The van der Waals surface area contributed by atoms with Crippen LogP contribution in [-0.4, -0.2) is 23.9 Å². The van der Waals surface area contributed by atoms with E-state index in [1.165, 1.54) is 12.1 Å². The second-order valence-electron chi connectivity index (χ2n) is 5.44. The first-order valence-electron chi connectivity index (χ1n) is 9.20. The maximum Gasteiger partial charge on any atom is 0 e. The number of alkyl halides is 3. The predicted molar refractivity (Wildman–Crippen MR) is 110 cm³/mol. The smallest absolute Gasteiger partial charge is 0 e. The number of hydrogen-bond donors (Lipinski definition) is 0. The molecule has 0 fully saturated rings. The van der Waals surface area contributed by atoms with E-state index in [4.69, 9.17) is 18.6 Å². The molecule has 5 nitrogen and oxygen atoms in total. The van der Waals surface area contributed by atoms with Gasteiger partial charge < -0.3 is 0 Å². The standard InChI is InChI=1S/C20H26F3N.4CO.2Fe/c1-3-24(4-2)17-11-9-7-5-6-8-10-12-18-13-15-19(16-14-18)20(21,22)23;4*1-2;;/h8-17H,3-7H2,1-2H3;;;;;;/b10-8-,11-9+;;;;;;. The summed E-state index contributed by atoms with van der Waals surface area (Å²) in [4.78, 5) is 0. The first kappa shape index (κ1) is 45.5. The van der Waals surface area contributed by atoms with Gasteiger partial charge in [-0.3, -0.25) is 0 Å². The van der Waals surface area contributed by atoms with E-state index in [1.54, 1.807) is 0 Å². The molecule has 0 aromatic heterocycles. The molecular weight excluding hydrogens is 535 g/mol. The SMILES string of the molecule is CC[N+](=C/C=C/CCC/C=C\[CH-]c1ccc(C(F)(F)F)cc1)CC.[C-]#[O+].[C-]#[O+].[C-]#[O+].[C-]#[O+].[Fe].[Fe]. The van der Waals surface area contributed by atoms with Gasteiger partial charge in [-0.2, -0.15) is 19.2 Å². The van der Waals surface area contributed by atoms with Crippen molar-refractivity contribution in [3.05, 3.63) is 92.7 Å². The summed E-state index contributed by atoms with van der Waals surface area (Å²) < 4.78 is 69.6. The molecular formula is C24H26F3Fe2NO4. The zero-order valence-corrected chi connectivity index (χ0v) is 20.9. The molecule has 1 aromatic rings. The summed E-state index contributed by atoms with van der Waals surface area (Å²) in [5.74, 6) is 0. The van der Waals surface area contributed by atoms with E-state index in [0.29, 0.717) is 0 Å². The van der Waals surface area contributed by atoms with E-state index in [1.807, 2.05) is 18.6 Å². The van der Waals surface area contributed by atoms with Crippen molar-refractivity contribution >= 4 is 6.21 Å². The van der Waals surface area contributed by atoms with E-state index < -0.39 is 11.7 Å². The van der Waals surface area contributed by atoms with E-state index in [0.717, 1.165) is 50.0 Å². The molecule has 188 valence electrons. The van der Waals surface area contributed by atoms with Gasteiger partial charge in [0.1, 0.15) is 13.1 Å². The normalized spacial score (nSPS) is 8.74. The quantitative estimate of drug-likeness (QED) is 0.0953. The predicted octanol–water partition coefficient (Wildman–Crippen LogP) is 5.51. The largest absolute Gasteiger partial charge is 0 e. The van der Waals surface area contributed by atoms with Gasteiger partial charge in [0.15, 0.2) is 6.21 Å². The fourth-order valence-corrected chi connectivity index (χ4v) is 2.13.